The number of nitrogens with two attached hydrogens (primary N) is 1. The van der Waals surface area contributed by atoms with Gasteiger partial charge >= 0.3 is 0 Å². The third-order valence-electron chi connectivity index (χ3n) is 2.47. The van der Waals surface area contributed by atoms with E-state index < -0.39 is 5.91 Å². The van der Waals surface area contributed by atoms with Crippen LogP contribution in [0.4, 0.5) is 5.82 Å². The molecule has 0 atom stereocenters. The molecular formula is C10H13N3O. The van der Waals surface area contributed by atoms with Crippen molar-refractivity contribution in [3.8, 4) is 0 Å². The lowest BCUT2D eigenvalue weighted by Crippen LogP contribution is -2.18. The standard InChI is InChI=1S/C10H13N3O/c1-6-8(9(11)14)5-7-3-2-4-12-10(7)13-6/h5H,2-4H2,1H3,(H2,11,14)(H,12,13). The fraction of sp³-hybridized carbons (Fsp3) is 0.400. The first kappa shape index (κ1) is 8.99. The molecule has 74 valence electrons. The molecule has 0 saturated heterocycles. The van der Waals surface area contributed by atoms with E-state index in [0.717, 1.165) is 30.8 Å². The lowest BCUT2D eigenvalue weighted by Gasteiger charge is -2.18. The number of primary amides is 1. The van der Waals surface area contributed by atoms with E-state index in [4.69, 9.17) is 5.73 Å². The third-order valence-corrected chi connectivity index (χ3v) is 2.47. The van der Waals surface area contributed by atoms with Crippen molar-refractivity contribution in [1.82, 2.24) is 4.98 Å². The molecule has 0 unspecified atom stereocenters. The van der Waals surface area contributed by atoms with E-state index in [1.54, 1.807) is 6.92 Å². The summed E-state index contributed by atoms with van der Waals surface area (Å²) in [6, 6.07) is 1.85. The third kappa shape index (κ3) is 1.43. The minimum atomic E-state index is -0.400. The molecule has 2 rings (SSSR count). The summed E-state index contributed by atoms with van der Waals surface area (Å²) in [4.78, 5) is 15.4. The van der Waals surface area contributed by atoms with E-state index in [0.29, 0.717) is 11.3 Å². The number of nitrogens with one attached hydrogen (secondary N) is 1. The number of nitrogens with zero attached hydrogens (tertiary/aromatic N) is 1. The van der Waals surface area contributed by atoms with Crippen LogP contribution in [0.2, 0.25) is 0 Å². The monoisotopic (exact) mass is 191 g/mol. The number of amides is 1. The highest BCUT2D eigenvalue weighted by Crippen LogP contribution is 2.21. The zero-order chi connectivity index (χ0) is 10.1. The van der Waals surface area contributed by atoms with Crippen molar-refractivity contribution >= 4 is 11.7 Å². The lowest BCUT2D eigenvalue weighted by molar-refractivity contribution is 0.0999. The van der Waals surface area contributed by atoms with Gasteiger partial charge in [0.25, 0.3) is 5.91 Å². The number of fused-ring (bicyclic) bond motifs is 1. The second-order valence-electron chi connectivity index (χ2n) is 3.52. The van der Waals surface area contributed by atoms with E-state index in [9.17, 15) is 4.79 Å². The number of hydrogen-bond donors (Lipinski definition) is 2. The smallest absolute Gasteiger partial charge is 0.250 e. The summed E-state index contributed by atoms with van der Waals surface area (Å²) < 4.78 is 0. The first-order chi connectivity index (χ1) is 6.68. The number of aromatic nitrogens is 1. The molecule has 2 heterocycles. The maximum Gasteiger partial charge on any atom is 0.250 e. The van der Waals surface area contributed by atoms with Gasteiger partial charge in [0, 0.05) is 6.54 Å². The average Bonchev–Trinajstić information content (AvgIpc) is 2.16. The molecule has 4 nitrogen and oxygen atoms in total. The first-order valence-electron chi connectivity index (χ1n) is 4.72. The van der Waals surface area contributed by atoms with E-state index in [1.165, 1.54) is 0 Å². The Morgan fingerprint density at radius 2 is 2.43 bits per heavy atom. The highest BCUT2D eigenvalue weighted by molar-refractivity contribution is 5.94. The van der Waals surface area contributed by atoms with Gasteiger partial charge in [0.05, 0.1) is 11.3 Å². The molecule has 0 fully saturated rings. The van der Waals surface area contributed by atoms with Gasteiger partial charge in [-0.25, -0.2) is 4.98 Å². The normalized spacial score (nSPS) is 14.4. The van der Waals surface area contributed by atoms with Gasteiger partial charge in [0.1, 0.15) is 5.82 Å². The Morgan fingerprint density at radius 1 is 1.64 bits per heavy atom. The SMILES string of the molecule is Cc1nc2c(cc1C(N)=O)CCCN2. The molecule has 4 heteroatoms. The van der Waals surface area contributed by atoms with Gasteiger partial charge in [-0.2, -0.15) is 0 Å². The van der Waals surface area contributed by atoms with E-state index in [2.05, 4.69) is 10.3 Å². The summed E-state index contributed by atoms with van der Waals surface area (Å²) in [5, 5.41) is 3.21. The Bertz CT molecular complexity index is 387. The van der Waals surface area contributed by atoms with Crippen molar-refractivity contribution in [3.63, 3.8) is 0 Å². The van der Waals surface area contributed by atoms with Crippen molar-refractivity contribution in [1.29, 1.82) is 0 Å². The number of anilines is 1. The van der Waals surface area contributed by atoms with Crippen LogP contribution in [0, 0.1) is 6.92 Å². The number of carbonyl (C=O) groups is 1. The lowest BCUT2D eigenvalue weighted by atomic mass is 10.0. The quantitative estimate of drug-likeness (QED) is 0.691. The van der Waals surface area contributed by atoms with E-state index in [1.807, 2.05) is 6.07 Å². The maximum absolute atomic E-state index is 11.1. The number of carbonyl (C=O) groups excluding carboxylic acids is 1. The van der Waals surface area contributed by atoms with Crippen LogP contribution in [0.3, 0.4) is 0 Å². The molecule has 1 aromatic rings. The molecule has 1 aromatic heterocycles. The van der Waals surface area contributed by atoms with Crippen molar-refractivity contribution < 1.29 is 4.79 Å². The predicted molar refractivity (Wildman–Crippen MR) is 54.3 cm³/mol. The fourth-order valence-corrected chi connectivity index (χ4v) is 1.73. The van der Waals surface area contributed by atoms with Crippen LogP contribution < -0.4 is 11.1 Å². The minimum Gasteiger partial charge on any atom is -0.370 e. The van der Waals surface area contributed by atoms with Gasteiger partial charge in [0.15, 0.2) is 0 Å². The van der Waals surface area contributed by atoms with Crippen molar-refractivity contribution in [2.45, 2.75) is 19.8 Å². The summed E-state index contributed by atoms with van der Waals surface area (Å²) in [5.74, 6) is 0.502. The Morgan fingerprint density at radius 3 is 3.14 bits per heavy atom. The van der Waals surface area contributed by atoms with Crippen LogP contribution in [-0.2, 0) is 6.42 Å². The van der Waals surface area contributed by atoms with Gasteiger partial charge in [0.2, 0.25) is 0 Å². The fourth-order valence-electron chi connectivity index (χ4n) is 1.73. The second kappa shape index (κ2) is 3.29. The Labute approximate surface area is 82.5 Å². The van der Waals surface area contributed by atoms with Crippen LogP contribution in [-0.4, -0.2) is 17.4 Å². The Kier molecular flexibility index (Phi) is 2.11. The molecule has 1 aliphatic heterocycles. The van der Waals surface area contributed by atoms with Gasteiger partial charge in [-0.1, -0.05) is 0 Å². The summed E-state index contributed by atoms with van der Waals surface area (Å²) in [6.07, 6.45) is 2.05. The summed E-state index contributed by atoms with van der Waals surface area (Å²) in [6.45, 7) is 2.76. The Balaban J connectivity index is 2.50. The van der Waals surface area contributed by atoms with Crippen LogP contribution in [0.5, 0.6) is 0 Å². The maximum atomic E-state index is 11.1. The van der Waals surface area contributed by atoms with Crippen LogP contribution in [0.1, 0.15) is 28.0 Å². The van der Waals surface area contributed by atoms with Gasteiger partial charge in [-0.3, -0.25) is 4.79 Å². The summed E-state index contributed by atoms with van der Waals surface area (Å²) >= 11 is 0. The van der Waals surface area contributed by atoms with Crippen LogP contribution in [0.25, 0.3) is 0 Å². The number of pyridine rings is 1. The molecule has 1 amide bonds. The molecule has 0 radical (unpaired) electrons. The van der Waals surface area contributed by atoms with Crippen molar-refractivity contribution in [3.05, 3.63) is 22.9 Å². The van der Waals surface area contributed by atoms with Crippen molar-refractivity contribution in [2.24, 2.45) is 5.73 Å². The molecule has 14 heavy (non-hydrogen) atoms. The molecule has 1 aliphatic rings. The van der Waals surface area contributed by atoms with Crippen molar-refractivity contribution in [2.75, 3.05) is 11.9 Å². The molecule has 0 aliphatic carbocycles. The zero-order valence-electron chi connectivity index (χ0n) is 8.13. The van der Waals surface area contributed by atoms with Gasteiger partial charge in [-0.05, 0) is 31.4 Å². The van der Waals surface area contributed by atoms with Gasteiger partial charge < -0.3 is 11.1 Å². The molecule has 0 spiro atoms. The van der Waals surface area contributed by atoms with Crippen LogP contribution >= 0.6 is 0 Å². The molecule has 0 saturated carbocycles. The average molecular weight is 191 g/mol. The highest BCUT2D eigenvalue weighted by Gasteiger charge is 2.14. The van der Waals surface area contributed by atoms with Gasteiger partial charge in [-0.15, -0.1) is 0 Å². The number of aryl methyl sites for hydroxylation is 2. The number of rotatable bonds is 1. The molecule has 0 bridgehead atoms. The van der Waals surface area contributed by atoms with E-state index in [-0.39, 0.29) is 0 Å². The summed E-state index contributed by atoms with van der Waals surface area (Å²) in [5.41, 5.74) is 7.58. The van der Waals surface area contributed by atoms with E-state index >= 15 is 0 Å². The largest absolute Gasteiger partial charge is 0.370 e. The minimum absolute atomic E-state index is 0.400. The second-order valence-corrected chi connectivity index (χ2v) is 3.52. The number of hydrogen-bond acceptors (Lipinski definition) is 3. The Hall–Kier alpha value is -1.58. The zero-order valence-corrected chi connectivity index (χ0v) is 8.13. The molecule has 0 aromatic carbocycles. The highest BCUT2D eigenvalue weighted by atomic mass is 16.1. The topological polar surface area (TPSA) is 68.0 Å². The molecule has 3 N–H and O–H groups in total. The molecular weight excluding hydrogens is 178 g/mol. The summed E-state index contributed by atoms with van der Waals surface area (Å²) in [7, 11) is 0. The first-order valence-corrected chi connectivity index (χ1v) is 4.72. The van der Waals surface area contributed by atoms with Crippen LogP contribution in [0.15, 0.2) is 6.07 Å². The predicted octanol–water partition coefficient (Wildman–Crippen LogP) is 0.847.